The molecule has 0 unspecified atom stereocenters. The van der Waals surface area contributed by atoms with E-state index >= 15 is 0 Å². The molecule has 0 spiro atoms. The summed E-state index contributed by atoms with van der Waals surface area (Å²) in [6, 6.07) is 5.94. The summed E-state index contributed by atoms with van der Waals surface area (Å²) in [6.07, 6.45) is 4.10. The number of allylic oxidation sites excluding steroid dienone is 1. The Bertz CT molecular complexity index is 472. The molecule has 0 bridgehead atoms. The molecule has 0 heterocycles. The van der Waals surface area contributed by atoms with Crippen molar-refractivity contribution < 1.29 is 22.6 Å². The maximum Gasteiger partial charge on any atom is 0.573 e. The molecular weight excluding hydrogens is 293 g/mol. The summed E-state index contributed by atoms with van der Waals surface area (Å²) in [5.74, 6) is 1.01. The van der Waals surface area contributed by atoms with Crippen molar-refractivity contribution in [1.82, 2.24) is 0 Å². The molecule has 2 rings (SSSR count). The number of hydrogen-bond donors (Lipinski definition) is 0. The van der Waals surface area contributed by atoms with Gasteiger partial charge in [0.1, 0.15) is 5.75 Å². The van der Waals surface area contributed by atoms with Gasteiger partial charge in [0, 0.05) is 13.7 Å². The zero-order valence-corrected chi connectivity index (χ0v) is 12.6. The summed E-state index contributed by atoms with van der Waals surface area (Å²) in [7, 11) is 1.73. The molecule has 1 fully saturated rings. The first-order valence-electron chi connectivity index (χ1n) is 7.49. The highest BCUT2D eigenvalue weighted by Gasteiger charge is 2.30. The Labute approximate surface area is 128 Å². The number of alkyl halides is 3. The maximum absolute atomic E-state index is 12.1. The average molecular weight is 314 g/mol. The second-order valence-corrected chi connectivity index (χ2v) is 5.71. The predicted molar refractivity (Wildman–Crippen MR) is 79.5 cm³/mol. The Hall–Kier alpha value is -1.49. The Morgan fingerprint density at radius 1 is 1.09 bits per heavy atom. The molecule has 0 aromatic heterocycles. The van der Waals surface area contributed by atoms with Crippen LogP contribution in [0.15, 0.2) is 30.3 Å². The van der Waals surface area contributed by atoms with Crippen LogP contribution in [0.2, 0.25) is 0 Å². The van der Waals surface area contributed by atoms with Gasteiger partial charge in [0.25, 0.3) is 0 Å². The van der Waals surface area contributed by atoms with Crippen molar-refractivity contribution in [2.75, 3.05) is 13.7 Å². The van der Waals surface area contributed by atoms with Crippen molar-refractivity contribution in [1.29, 1.82) is 0 Å². The monoisotopic (exact) mass is 314 g/mol. The van der Waals surface area contributed by atoms with Gasteiger partial charge in [-0.2, -0.15) is 0 Å². The van der Waals surface area contributed by atoms with Gasteiger partial charge in [0.15, 0.2) is 0 Å². The van der Waals surface area contributed by atoms with Crippen LogP contribution < -0.4 is 4.74 Å². The van der Waals surface area contributed by atoms with E-state index in [2.05, 4.69) is 10.8 Å². The Kier molecular flexibility index (Phi) is 5.89. The third-order valence-electron chi connectivity index (χ3n) is 3.97. The summed E-state index contributed by atoms with van der Waals surface area (Å²) < 4.78 is 45.3. The number of benzene rings is 1. The van der Waals surface area contributed by atoms with E-state index in [9.17, 15) is 13.2 Å². The summed E-state index contributed by atoms with van der Waals surface area (Å²) in [5.41, 5.74) is 0.883. The number of methoxy groups -OCH3 is 1. The molecule has 0 aliphatic heterocycles. The van der Waals surface area contributed by atoms with E-state index in [0.29, 0.717) is 11.8 Å². The van der Waals surface area contributed by atoms with Crippen molar-refractivity contribution in [3.8, 4) is 5.75 Å². The molecule has 5 heteroatoms. The fraction of sp³-hybridized carbons (Fsp3) is 0.529. The van der Waals surface area contributed by atoms with Crippen LogP contribution in [0.4, 0.5) is 13.2 Å². The quantitative estimate of drug-likeness (QED) is 0.757. The molecule has 1 aromatic carbocycles. The highest BCUT2D eigenvalue weighted by molar-refractivity contribution is 5.50. The third-order valence-corrected chi connectivity index (χ3v) is 3.97. The third kappa shape index (κ3) is 5.72. The summed E-state index contributed by atoms with van der Waals surface area (Å²) in [4.78, 5) is 0. The van der Waals surface area contributed by atoms with Gasteiger partial charge in [-0.3, -0.25) is 0 Å². The lowest BCUT2D eigenvalue weighted by molar-refractivity contribution is -0.274. The maximum atomic E-state index is 12.1. The minimum absolute atomic E-state index is 0.190. The van der Waals surface area contributed by atoms with E-state index < -0.39 is 6.36 Å². The highest BCUT2D eigenvalue weighted by Crippen LogP contribution is 2.30. The fourth-order valence-electron chi connectivity index (χ4n) is 2.81. The van der Waals surface area contributed by atoms with E-state index in [1.165, 1.54) is 25.0 Å². The number of hydrogen-bond acceptors (Lipinski definition) is 2. The highest BCUT2D eigenvalue weighted by atomic mass is 19.4. The average Bonchev–Trinajstić information content (AvgIpc) is 2.47. The second kappa shape index (κ2) is 7.68. The van der Waals surface area contributed by atoms with Crippen LogP contribution in [0.3, 0.4) is 0 Å². The minimum atomic E-state index is -4.64. The van der Waals surface area contributed by atoms with Crippen LogP contribution in [0, 0.1) is 11.8 Å². The van der Waals surface area contributed by atoms with Crippen molar-refractivity contribution in [2.45, 2.75) is 32.0 Å². The molecule has 0 amide bonds. The lowest BCUT2D eigenvalue weighted by Crippen LogP contribution is -2.17. The Balaban J connectivity index is 1.83. The van der Waals surface area contributed by atoms with Crippen molar-refractivity contribution in [3.63, 3.8) is 0 Å². The first-order valence-corrected chi connectivity index (χ1v) is 7.49. The van der Waals surface area contributed by atoms with Crippen LogP contribution >= 0.6 is 0 Å². The van der Waals surface area contributed by atoms with Crippen LogP contribution in [0.5, 0.6) is 5.75 Å². The lowest BCUT2D eigenvalue weighted by atomic mass is 9.82. The van der Waals surface area contributed by atoms with Crippen molar-refractivity contribution >= 4 is 6.08 Å². The molecule has 1 aliphatic rings. The van der Waals surface area contributed by atoms with Crippen molar-refractivity contribution in [2.24, 2.45) is 11.8 Å². The molecule has 2 nitrogen and oxygen atoms in total. The van der Waals surface area contributed by atoms with Gasteiger partial charge in [-0.1, -0.05) is 24.3 Å². The van der Waals surface area contributed by atoms with E-state index in [0.717, 1.165) is 25.0 Å². The van der Waals surface area contributed by atoms with Crippen LogP contribution in [0.1, 0.15) is 31.2 Å². The molecule has 0 N–H and O–H groups in total. The fourth-order valence-corrected chi connectivity index (χ4v) is 2.81. The molecule has 1 aliphatic carbocycles. The van der Waals surface area contributed by atoms with E-state index in [-0.39, 0.29) is 5.75 Å². The van der Waals surface area contributed by atoms with Crippen LogP contribution in [-0.4, -0.2) is 20.1 Å². The minimum Gasteiger partial charge on any atom is -0.406 e. The largest absolute Gasteiger partial charge is 0.573 e. The predicted octanol–water partition coefficient (Wildman–Crippen LogP) is 5.05. The van der Waals surface area contributed by atoms with Crippen LogP contribution in [-0.2, 0) is 4.74 Å². The normalized spacial score (nSPS) is 22.9. The number of rotatable bonds is 5. The van der Waals surface area contributed by atoms with Gasteiger partial charge in [-0.15, -0.1) is 13.2 Å². The topological polar surface area (TPSA) is 18.5 Å². The molecule has 1 saturated carbocycles. The molecule has 1 aromatic rings. The summed E-state index contributed by atoms with van der Waals surface area (Å²) >= 11 is 0. The standard InChI is InChI=1S/C17H21F3O2/c1-21-12-15-6-4-13(5-7-15)2-3-14-8-10-16(11-9-14)22-17(18,19)20/h2-3,8-11,13,15H,4-7,12H2,1H3. The first kappa shape index (κ1) is 16.9. The van der Waals surface area contributed by atoms with E-state index in [4.69, 9.17) is 4.74 Å². The zero-order valence-electron chi connectivity index (χ0n) is 12.6. The number of halogens is 3. The summed E-state index contributed by atoms with van der Waals surface area (Å²) in [5, 5.41) is 0. The molecule has 122 valence electrons. The number of ether oxygens (including phenoxy) is 2. The Morgan fingerprint density at radius 2 is 1.73 bits per heavy atom. The van der Waals surface area contributed by atoms with Crippen LogP contribution in [0.25, 0.3) is 6.08 Å². The Morgan fingerprint density at radius 3 is 2.27 bits per heavy atom. The SMILES string of the molecule is COCC1CCC(C=Cc2ccc(OC(F)(F)F)cc2)CC1. The molecular formula is C17H21F3O2. The lowest BCUT2D eigenvalue weighted by Gasteiger charge is -2.26. The van der Waals surface area contributed by atoms with E-state index in [1.54, 1.807) is 19.2 Å². The molecule has 0 atom stereocenters. The van der Waals surface area contributed by atoms with Gasteiger partial charge in [0.2, 0.25) is 0 Å². The first-order chi connectivity index (χ1) is 10.5. The van der Waals surface area contributed by atoms with Gasteiger partial charge >= 0.3 is 6.36 Å². The second-order valence-electron chi connectivity index (χ2n) is 5.71. The van der Waals surface area contributed by atoms with Gasteiger partial charge in [-0.25, -0.2) is 0 Å². The zero-order chi connectivity index (χ0) is 16.0. The molecule has 22 heavy (non-hydrogen) atoms. The smallest absolute Gasteiger partial charge is 0.406 e. The van der Waals surface area contributed by atoms with Gasteiger partial charge in [-0.05, 0) is 55.2 Å². The van der Waals surface area contributed by atoms with E-state index in [1.807, 2.05) is 6.08 Å². The molecule has 0 radical (unpaired) electrons. The molecule has 0 saturated heterocycles. The summed E-state index contributed by atoms with van der Waals surface area (Å²) in [6.45, 7) is 0.830. The van der Waals surface area contributed by atoms with Crippen molar-refractivity contribution in [3.05, 3.63) is 35.9 Å². The van der Waals surface area contributed by atoms with Gasteiger partial charge in [0.05, 0.1) is 0 Å². The van der Waals surface area contributed by atoms with Gasteiger partial charge < -0.3 is 9.47 Å².